The predicted octanol–water partition coefficient (Wildman–Crippen LogP) is 4.44. The van der Waals surface area contributed by atoms with Crippen molar-refractivity contribution >= 4 is 11.8 Å². The van der Waals surface area contributed by atoms with Crippen molar-refractivity contribution in [1.82, 2.24) is 15.2 Å². The van der Waals surface area contributed by atoms with E-state index in [9.17, 15) is 14.0 Å². The number of ether oxygens (including phenoxy) is 1. The largest absolute Gasteiger partial charge is 0.484 e. The average molecular weight is 476 g/mol. The van der Waals surface area contributed by atoms with Gasteiger partial charge in [0.15, 0.2) is 6.61 Å². The molecule has 0 aliphatic carbocycles. The van der Waals surface area contributed by atoms with Crippen molar-refractivity contribution in [3.05, 3.63) is 95.1 Å². The fourth-order valence-corrected chi connectivity index (χ4v) is 4.27. The van der Waals surface area contributed by atoms with Gasteiger partial charge in [0.1, 0.15) is 11.6 Å². The maximum atomic E-state index is 14.2. The summed E-state index contributed by atoms with van der Waals surface area (Å²) in [7, 11) is 0. The Labute approximate surface area is 205 Å². The zero-order valence-corrected chi connectivity index (χ0v) is 20.3. The number of hydrogen-bond donors (Lipinski definition) is 1. The van der Waals surface area contributed by atoms with Crippen molar-refractivity contribution in [2.75, 3.05) is 13.2 Å². The van der Waals surface area contributed by atoms with E-state index in [1.54, 1.807) is 18.5 Å². The number of nitrogens with one attached hydrogen (secondary N) is 1. The number of halogens is 1. The van der Waals surface area contributed by atoms with E-state index in [2.05, 4.69) is 10.3 Å². The number of hydrogen-bond acceptors (Lipinski definition) is 4. The van der Waals surface area contributed by atoms with Gasteiger partial charge in [-0.1, -0.05) is 39.0 Å². The van der Waals surface area contributed by atoms with Gasteiger partial charge < -0.3 is 15.0 Å². The molecule has 0 saturated carbocycles. The molecule has 1 aliphatic heterocycles. The molecule has 0 saturated heterocycles. The molecule has 3 aromatic rings. The molecule has 4 rings (SSSR count). The van der Waals surface area contributed by atoms with Gasteiger partial charge in [0.2, 0.25) is 5.91 Å². The highest BCUT2D eigenvalue weighted by Crippen LogP contribution is 2.39. The molecule has 2 aromatic carbocycles. The van der Waals surface area contributed by atoms with Crippen LogP contribution in [0.25, 0.3) is 0 Å². The molecular weight excluding hydrogens is 445 g/mol. The lowest BCUT2D eigenvalue weighted by atomic mass is 9.85. The number of aromatic nitrogens is 1. The fraction of sp³-hybridized carbons (Fsp3) is 0.321. The lowest BCUT2D eigenvalue weighted by Gasteiger charge is -2.41. The number of amides is 2. The molecule has 1 atom stereocenters. The molecule has 0 bridgehead atoms. The van der Waals surface area contributed by atoms with Crippen LogP contribution < -0.4 is 10.1 Å². The molecule has 7 heteroatoms. The number of carbonyl (C=O) groups is 2. The summed E-state index contributed by atoms with van der Waals surface area (Å²) in [6.45, 7) is 6.45. The van der Waals surface area contributed by atoms with Gasteiger partial charge >= 0.3 is 0 Å². The van der Waals surface area contributed by atoms with Crippen molar-refractivity contribution in [2.45, 2.75) is 39.8 Å². The van der Waals surface area contributed by atoms with E-state index in [1.165, 1.54) is 12.1 Å². The Morgan fingerprint density at radius 1 is 1.11 bits per heavy atom. The van der Waals surface area contributed by atoms with Crippen LogP contribution in [0.15, 0.2) is 67.0 Å². The number of pyridine rings is 1. The Hall–Kier alpha value is -3.74. The first-order valence-corrected chi connectivity index (χ1v) is 11.7. The van der Waals surface area contributed by atoms with Crippen LogP contribution in [0.2, 0.25) is 0 Å². The van der Waals surface area contributed by atoms with Crippen molar-refractivity contribution in [1.29, 1.82) is 0 Å². The second-order valence-electron chi connectivity index (χ2n) is 9.74. The monoisotopic (exact) mass is 475 g/mol. The van der Waals surface area contributed by atoms with E-state index in [1.807, 2.05) is 62.1 Å². The van der Waals surface area contributed by atoms with Crippen LogP contribution in [0.4, 0.5) is 4.39 Å². The number of nitrogens with zero attached hydrogens (tertiary/aromatic N) is 2. The van der Waals surface area contributed by atoms with E-state index < -0.39 is 11.5 Å². The van der Waals surface area contributed by atoms with Crippen LogP contribution in [0, 0.1) is 11.2 Å². The summed E-state index contributed by atoms with van der Waals surface area (Å²) in [6, 6.07) is 15.3. The lowest BCUT2D eigenvalue weighted by molar-refractivity contribution is -0.141. The maximum absolute atomic E-state index is 14.2. The molecular formula is C28H30FN3O3. The van der Waals surface area contributed by atoms with E-state index in [0.29, 0.717) is 30.8 Å². The number of fused-ring (bicyclic) bond motifs is 1. The third kappa shape index (κ3) is 5.85. The van der Waals surface area contributed by atoms with Gasteiger partial charge in [-0.15, -0.1) is 0 Å². The Balaban J connectivity index is 1.55. The number of carbonyl (C=O) groups excluding carboxylic acids is 2. The second-order valence-corrected chi connectivity index (χ2v) is 9.74. The van der Waals surface area contributed by atoms with Gasteiger partial charge in [-0.25, -0.2) is 4.39 Å². The summed E-state index contributed by atoms with van der Waals surface area (Å²) in [4.78, 5) is 31.4. The summed E-state index contributed by atoms with van der Waals surface area (Å²) in [6.07, 6.45) is 4.04. The highest BCUT2D eigenvalue weighted by Gasteiger charge is 2.37. The zero-order chi connectivity index (χ0) is 25.0. The molecule has 35 heavy (non-hydrogen) atoms. The van der Waals surface area contributed by atoms with Crippen LogP contribution in [0.5, 0.6) is 5.75 Å². The first kappa shape index (κ1) is 24.4. The molecule has 6 nitrogen and oxygen atoms in total. The summed E-state index contributed by atoms with van der Waals surface area (Å²) in [5.74, 6) is -0.0738. The van der Waals surface area contributed by atoms with Gasteiger partial charge in [0.05, 0.1) is 6.04 Å². The molecule has 1 aromatic heterocycles. The maximum Gasteiger partial charge on any atom is 0.258 e. The molecule has 2 heterocycles. The average Bonchev–Trinajstić information content (AvgIpc) is 2.85. The Bertz CT molecular complexity index is 1210. The Morgan fingerprint density at radius 3 is 2.60 bits per heavy atom. The summed E-state index contributed by atoms with van der Waals surface area (Å²) < 4.78 is 20.0. The molecule has 1 N–H and O–H groups in total. The molecule has 0 radical (unpaired) electrons. The predicted molar refractivity (Wildman–Crippen MR) is 131 cm³/mol. The normalized spacial score (nSPS) is 15.3. The topological polar surface area (TPSA) is 71.5 Å². The highest BCUT2D eigenvalue weighted by molar-refractivity contribution is 5.83. The van der Waals surface area contributed by atoms with Crippen LogP contribution >= 0.6 is 0 Å². The van der Waals surface area contributed by atoms with Crippen LogP contribution in [0.3, 0.4) is 0 Å². The molecule has 0 spiro atoms. The number of rotatable bonds is 6. The van der Waals surface area contributed by atoms with Gasteiger partial charge in [0, 0.05) is 30.9 Å². The number of benzene rings is 2. The van der Waals surface area contributed by atoms with Crippen LogP contribution in [-0.2, 0) is 22.6 Å². The lowest BCUT2D eigenvalue weighted by Crippen LogP contribution is -2.45. The third-order valence-electron chi connectivity index (χ3n) is 6.02. The fourth-order valence-electron chi connectivity index (χ4n) is 4.27. The van der Waals surface area contributed by atoms with E-state index in [-0.39, 0.29) is 24.2 Å². The molecule has 0 fully saturated rings. The summed E-state index contributed by atoms with van der Waals surface area (Å²) in [5.41, 5.74) is 3.03. The van der Waals surface area contributed by atoms with Crippen LogP contribution in [-0.4, -0.2) is 34.8 Å². The zero-order valence-electron chi connectivity index (χ0n) is 20.3. The van der Waals surface area contributed by atoms with Crippen LogP contribution in [0.1, 0.15) is 49.1 Å². The summed E-state index contributed by atoms with van der Waals surface area (Å²) >= 11 is 0. The van der Waals surface area contributed by atoms with E-state index in [4.69, 9.17) is 4.74 Å². The summed E-state index contributed by atoms with van der Waals surface area (Å²) in [5, 5.41) is 2.82. The van der Waals surface area contributed by atoms with Gasteiger partial charge in [0.25, 0.3) is 5.91 Å². The molecule has 0 unspecified atom stereocenters. The minimum Gasteiger partial charge on any atom is -0.484 e. The Kier molecular flexibility index (Phi) is 7.15. The quantitative estimate of drug-likeness (QED) is 0.572. The van der Waals surface area contributed by atoms with Gasteiger partial charge in [-0.05, 0) is 65.1 Å². The second kappa shape index (κ2) is 10.3. The molecule has 1 aliphatic rings. The van der Waals surface area contributed by atoms with E-state index in [0.717, 1.165) is 16.7 Å². The van der Waals surface area contributed by atoms with Crippen molar-refractivity contribution in [3.63, 3.8) is 0 Å². The standard InChI is InChI=1S/C28H30FN3O3/c1-28(2,3)27(34)32-14-11-20-7-8-23(16-24(20)26(32)21-5-4-6-22(29)15-21)35-18-25(33)31-17-19-9-12-30-13-10-19/h4-10,12-13,15-16,26H,11,14,17-18H2,1-3H3,(H,31,33)/t26-/m0/s1. The van der Waals surface area contributed by atoms with E-state index >= 15 is 0 Å². The van der Waals surface area contributed by atoms with Crippen molar-refractivity contribution < 1.29 is 18.7 Å². The third-order valence-corrected chi connectivity index (χ3v) is 6.02. The van der Waals surface area contributed by atoms with Crippen molar-refractivity contribution in [2.24, 2.45) is 5.41 Å². The molecule has 182 valence electrons. The molecule has 2 amide bonds. The van der Waals surface area contributed by atoms with Crippen molar-refractivity contribution in [3.8, 4) is 5.75 Å². The minimum atomic E-state index is -0.579. The smallest absolute Gasteiger partial charge is 0.258 e. The first-order chi connectivity index (χ1) is 16.7. The van der Waals surface area contributed by atoms with Gasteiger partial charge in [-0.3, -0.25) is 14.6 Å². The van der Waals surface area contributed by atoms with Gasteiger partial charge in [-0.2, -0.15) is 0 Å². The minimum absolute atomic E-state index is 0.000720. The highest BCUT2D eigenvalue weighted by atomic mass is 19.1. The SMILES string of the molecule is CC(C)(C)C(=O)N1CCc2ccc(OCC(=O)NCc3ccncc3)cc2[C@@H]1c1cccc(F)c1. The first-order valence-electron chi connectivity index (χ1n) is 11.7. The Morgan fingerprint density at radius 2 is 1.89 bits per heavy atom.